The molecule has 0 spiro atoms. The highest BCUT2D eigenvalue weighted by atomic mass is 16.5. The lowest BCUT2D eigenvalue weighted by atomic mass is 9.67. The van der Waals surface area contributed by atoms with Gasteiger partial charge < -0.3 is 4.74 Å². The van der Waals surface area contributed by atoms with E-state index in [1.807, 2.05) is 12.1 Å². The average Bonchev–Trinajstić information content (AvgIpc) is 2.25. The van der Waals surface area contributed by atoms with Crippen molar-refractivity contribution in [1.82, 2.24) is 0 Å². The molecule has 3 nitrogen and oxygen atoms in total. The van der Waals surface area contributed by atoms with Crippen LogP contribution in [0.5, 0.6) is 0 Å². The second-order valence-corrected chi connectivity index (χ2v) is 5.96. The Hall–Kier alpha value is -1.30. The first kappa shape index (κ1) is 14.8. The van der Waals surface area contributed by atoms with Crippen molar-refractivity contribution in [3.05, 3.63) is 12.2 Å². The number of carbonyl (C=O) groups excluding carboxylic acids is 1. The molecule has 18 heavy (non-hydrogen) atoms. The van der Waals surface area contributed by atoms with Crippen LogP contribution in [0.25, 0.3) is 0 Å². The SMILES string of the molecule is CC(=O)O[C@@H]1C[C@H](C)CC[C@H]1C(C)(C)/C=C\C#N. The first-order chi connectivity index (χ1) is 8.36. The van der Waals surface area contributed by atoms with Crippen molar-refractivity contribution in [2.75, 3.05) is 0 Å². The molecule has 1 aliphatic rings. The second kappa shape index (κ2) is 6.04. The Balaban J connectivity index is 2.85. The van der Waals surface area contributed by atoms with Crippen molar-refractivity contribution >= 4 is 5.97 Å². The molecule has 3 heteroatoms. The Morgan fingerprint density at radius 2 is 2.11 bits per heavy atom. The molecule has 0 aromatic heterocycles. The Morgan fingerprint density at radius 1 is 1.44 bits per heavy atom. The van der Waals surface area contributed by atoms with Gasteiger partial charge in [-0.15, -0.1) is 0 Å². The fraction of sp³-hybridized carbons (Fsp3) is 0.733. The van der Waals surface area contributed by atoms with Crippen molar-refractivity contribution < 1.29 is 9.53 Å². The highest BCUT2D eigenvalue weighted by molar-refractivity contribution is 5.66. The monoisotopic (exact) mass is 249 g/mol. The summed E-state index contributed by atoms with van der Waals surface area (Å²) in [5, 5.41) is 8.66. The molecule has 0 N–H and O–H groups in total. The van der Waals surface area contributed by atoms with E-state index in [1.165, 1.54) is 13.0 Å². The van der Waals surface area contributed by atoms with Gasteiger partial charge in [0.1, 0.15) is 6.10 Å². The molecule has 1 rings (SSSR count). The third-order valence-corrected chi connectivity index (χ3v) is 3.91. The number of allylic oxidation sites excluding steroid dienone is 2. The van der Waals surface area contributed by atoms with Crippen molar-refractivity contribution in [3.63, 3.8) is 0 Å². The van der Waals surface area contributed by atoms with Crippen LogP contribution in [-0.4, -0.2) is 12.1 Å². The number of nitrogens with zero attached hydrogens (tertiary/aromatic N) is 1. The van der Waals surface area contributed by atoms with E-state index in [1.54, 1.807) is 0 Å². The van der Waals surface area contributed by atoms with Crippen molar-refractivity contribution in [1.29, 1.82) is 5.26 Å². The van der Waals surface area contributed by atoms with Gasteiger partial charge in [-0.25, -0.2) is 0 Å². The molecule has 0 aromatic rings. The van der Waals surface area contributed by atoms with Gasteiger partial charge in [0.15, 0.2) is 0 Å². The number of ether oxygens (including phenoxy) is 1. The first-order valence-corrected chi connectivity index (χ1v) is 6.61. The van der Waals surface area contributed by atoms with Crippen molar-refractivity contribution in [3.8, 4) is 6.07 Å². The number of carbonyl (C=O) groups is 1. The minimum Gasteiger partial charge on any atom is -0.462 e. The van der Waals surface area contributed by atoms with Crippen LogP contribution in [-0.2, 0) is 9.53 Å². The van der Waals surface area contributed by atoms with Crippen LogP contribution < -0.4 is 0 Å². The van der Waals surface area contributed by atoms with E-state index in [-0.39, 0.29) is 17.5 Å². The Morgan fingerprint density at radius 3 is 2.67 bits per heavy atom. The summed E-state index contributed by atoms with van der Waals surface area (Å²) in [6, 6.07) is 2.04. The largest absolute Gasteiger partial charge is 0.462 e. The topological polar surface area (TPSA) is 50.1 Å². The maximum Gasteiger partial charge on any atom is 0.302 e. The molecule has 1 saturated carbocycles. The molecule has 1 aliphatic carbocycles. The van der Waals surface area contributed by atoms with Crippen molar-refractivity contribution in [2.24, 2.45) is 17.3 Å². The van der Waals surface area contributed by atoms with Gasteiger partial charge in [0.25, 0.3) is 0 Å². The maximum atomic E-state index is 11.2. The van der Waals surface area contributed by atoms with Gasteiger partial charge in [-0.1, -0.05) is 33.3 Å². The quantitative estimate of drug-likeness (QED) is 0.568. The van der Waals surface area contributed by atoms with E-state index in [4.69, 9.17) is 10.00 Å². The van der Waals surface area contributed by atoms with E-state index in [2.05, 4.69) is 20.8 Å². The smallest absolute Gasteiger partial charge is 0.302 e. The number of nitriles is 1. The first-order valence-electron chi connectivity index (χ1n) is 6.61. The molecule has 0 saturated heterocycles. The van der Waals surface area contributed by atoms with E-state index in [0.717, 1.165) is 19.3 Å². The predicted octanol–water partition coefficient (Wildman–Crippen LogP) is 3.46. The molecule has 0 amide bonds. The Kier molecular flexibility index (Phi) is 4.95. The zero-order valence-corrected chi connectivity index (χ0v) is 11.8. The van der Waals surface area contributed by atoms with Crippen LogP contribution in [0.1, 0.15) is 47.0 Å². The van der Waals surface area contributed by atoms with Crippen LogP contribution in [0.4, 0.5) is 0 Å². The van der Waals surface area contributed by atoms with Gasteiger partial charge in [-0.2, -0.15) is 5.26 Å². The van der Waals surface area contributed by atoms with E-state index < -0.39 is 0 Å². The summed E-state index contributed by atoms with van der Waals surface area (Å²) in [7, 11) is 0. The molecular formula is C15H23NO2. The van der Waals surface area contributed by atoms with Crippen LogP contribution in [0.2, 0.25) is 0 Å². The standard InChI is InChI=1S/C15H23NO2/c1-11-6-7-13(14(10-11)18-12(2)17)15(3,4)8-5-9-16/h5,8,11,13-14H,6-7,10H2,1-4H3/b8-5-/t11-,13-,14-/m1/s1. The zero-order valence-electron chi connectivity index (χ0n) is 11.8. The number of hydrogen-bond acceptors (Lipinski definition) is 3. The summed E-state index contributed by atoms with van der Waals surface area (Å²) >= 11 is 0. The Bertz CT molecular complexity index is 365. The highest BCUT2D eigenvalue weighted by Gasteiger charge is 2.39. The maximum absolute atomic E-state index is 11.2. The fourth-order valence-corrected chi connectivity index (χ4v) is 2.90. The minimum absolute atomic E-state index is 0.0235. The summed E-state index contributed by atoms with van der Waals surface area (Å²) in [4.78, 5) is 11.2. The van der Waals surface area contributed by atoms with Crippen LogP contribution in [0.15, 0.2) is 12.2 Å². The van der Waals surface area contributed by atoms with Crippen LogP contribution in [0.3, 0.4) is 0 Å². The average molecular weight is 249 g/mol. The van der Waals surface area contributed by atoms with Gasteiger partial charge in [-0.05, 0) is 24.2 Å². The lowest BCUT2D eigenvalue weighted by Crippen LogP contribution is -2.40. The van der Waals surface area contributed by atoms with Gasteiger partial charge in [-0.3, -0.25) is 4.79 Å². The Labute approximate surface area is 110 Å². The van der Waals surface area contributed by atoms with Gasteiger partial charge >= 0.3 is 5.97 Å². The number of hydrogen-bond donors (Lipinski definition) is 0. The molecule has 100 valence electrons. The predicted molar refractivity (Wildman–Crippen MR) is 70.6 cm³/mol. The van der Waals surface area contributed by atoms with Gasteiger partial charge in [0.05, 0.1) is 6.07 Å². The fourth-order valence-electron chi connectivity index (χ4n) is 2.90. The lowest BCUT2D eigenvalue weighted by molar-refractivity contribution is -0.154. The van der Waals surface area contributed by atoms with E-state index >= 15 is 0 Å². The highest BCUT2D eigenvalue weighted by Crippen LogP contribution is 2.42. The van der Waals surface area contributed by atoms with Crippen LogP contribution in [0, 0.1) is 28.6 Å². The van der Waals surface area contributed by atoms with Crippen LogP contribution >= 0.6 is 0 Å². The molecule has 0 heterocycles. The van der Waals surface area contributed by atoms with Crippen molar-refractivity contribution in [2.45, 2.75) is 53.1 Å². The molecule has 0 unspecified atom stereocenters. The minimum atomic E-state index is -0.209. The zero-order chi connectivity index (χ0) is 13.8. The van der Waals surface area contributed by atoms with Gasteiger partial charge in [0, 0.05) is 18.9 Å². The molecule has 0 bridgehead atoms. The molecule has 3 atom stereocenters. The number of esters is 1. The summed E-state index contributed by atoms with van der Waals surface area (Å²) in [5.41, 5.74) is -0.115. The third-order valence-electron chi connectivity index (χ3n) is 3.91. The molecule has 0 radical (unpaired) electrons. The van der Waals surface area contributed by atoms with Gasteiger partial charge in [0.2, 0.25) is 0 Å². The number of rotatable bonds is 3. The molecular weight excluding hydrogens is 226 g/mol. The molecule has 0 aliphatic heterocycles. The summed E-state index contributed by atoms with van der Waals surface area (Å²) in [6.07, 6.45) is 6.57. The summed E-state index contributed by atoms with van der Waals surface area (Å²) in [6.45, 7) is 7.88. The molecule has 0 aromatic carbocycles. The lowest BCUT2D eigenvalue weighted by Gasteiger charge is -2.42. The summed E-state index contributed by atoms with van der Waals surface area (Å²) < 4.78 is 5.48. The van der Waals surface area contributed by atoms with E-state index in [0.29, 0.717) is 11.8 Å². The third kappa shape index (κ3) is 3.87. The summed E-state index contributed by atoms with van der Waals surface area (Å²) in [5.74, 6) is 0.683. The normalized spacial score (nSPS) is 28.9. The molecule has 1 fully saturated rings. The second-order valence-electron chi connectivity index (χ2n) is 5.96. The van der Waals surface area contributed by atoms with E-state index in [9.17, 15) is 4.79 Å².